The SMILES string of the molecule is O=[SH](=O)/C=C/c1cccnc1. The maximum absolute atomic E-state index is 10.1. The van der Waals surface area contributed by atoms with Crippen LogP contribution in [0.5, 0.6) is 0 Å². The minimum atomic E-state index is -2.43. The van der Waals surface area contributed by atoms with Crippen LogP contribution in [0, 0.1) is 0 Å². The molecule has 3 nitrogen and oxygen atoms in total. The largest absolute Gasteiger partial charge is 0.264 e. The molecule has 0 bridgehead atoms. The summed E-state index contributed by atoms with van der Waals surface area (Å²) in [5.41, 5.74) is 0.784. The van der Waals surface area contributed by atoms with E-state index < -0.39 is 10.7 Å². The van der Waals surface area contributed by atoms with E-state index in [0.29, 0.717) is 0 Å². The number of rotatable bonds is 2. The topological polar surface area (TPSA) is 47.0 Å². The van der Waals surface area contributed by atoms with Crippen LogP contribution >= 0.6 is 0 Å². The molecule has 1 aromatic rings. The van der Waals surface area contributed by atoms with Gasteiger partial charge in [-0.05, 0) is 17.7 Å². The van der Waals surface area contributed by atoms with Gasteiger partial charge in [0.2, 0.25) is 0 Å². The maximum Gasteiger partial charge on any atom is 0.161 e. The molecule has 0 unspecified atom stereocenters. The van der Waals surface area contributed by atoms with Gasteiger partial charge in [0.05, 0.1) is 0 Å². The van der Waals surface area contributed by atoms with Crippen molar-refractivity contribution >= 4 is 16.8 Å². The Labute approximate surface area is 66.3 Å². The number of nitrogens with zero attached hydrogens (tertiary/aromatic N) is 1. The fourth-order valence-corrected chi connectivity index (χ4v) is 0.915. The fraction of sp³-hybridized carbons (Fsp3) is 0. The molecular weight excluding hydrogens is 162 g/mol. The van der Waals surface area contributed by atoms with E-state index in [1.807, 2.05) is 0 Å². The van der Waals surface area contributed by atoms with Crippen LogP contribution in [-0.2, 0) is 10.7 Å². The van der Waals surface area contributed by atoms with Crippen molar-refractivity contribution in [1.82, 2.24) is 4.98 Å². The minimum absolute atomic E-state index is 0.784. The molecule has 0 aromatic carbocycles. The number of pyridine rings is 1. The number of thiol groups is 1. The second kappa shape index (κ2) is 3.88. The summed E-state index contributed by atoms with van der Waals surface area (Å²) in [6.45, 7) is 0. The van der Waals surface area contributed by atoms with Crippen LogP contribution in [-0.4, -0.2) is 13.4 Å². The third-order valence-corrected chi connectivity index (χ3v) is 1.47. The molecule has 0 N–H and O–H groups in total. The molecule has 0 saturated carbocycles. The van der Waals surface area contributed by atoms with Gasteiger partial charge in [0.25, 0.3) is 0 Å². The first-order valence-corrected chi connectivity index (χ1v) is 4.25. The van der Waals surface area contributed by atoms with Crippen LogP contribution < -0.4 is 0 Å². The lowest BCUT2D eigenvalue weighted by Crippen LogP contribution is -1.73. The van der Waals surface area contributed by atoms with Gasteiger partial charge in [-0.25, -0.2) is 8.42 Å². The molecule has 0 atom stereocenters. The molecule has 4 heteroatoms. The molecule has 1 heterocycles. The third kappa shape index (κ3) is 2.95. The Morgan fingerprint density at radius 3 is 2.82 bits per heavy atom. The van der Waals surface area contributed by atoms with Gasteiger partial charge < -0.3 is 0 Å². The highest BCUT2D eigenvalue weighted by Gasteiger charge is 1.82. The van der Waals surface area contributed by atoms with E-state index in [4.69, 9.17) is 0 Å². The molecule has 0 radical (unpaired) electrons. The zero-order valence-electron chi connectivity index (χ0n) is 5.68. The molecule has 1 aromatic heterocycles. The van der Waals surface area contributed by atoms with Gasteiger partial charge >= 0.3 is 0 Å². The Morgan fingerprint density at radius 1 is 1.45 bits per heavy atom. The van der Waals surface area contributed by atoms with Crippen molar-refractivity contribution in [2.45, 2.75) is 0 Å². The number of aromatic nitrogens is 1. The van der Waals surface area contributed by atoms with E-state index in [2.05, 4.69) is 4.98 Å². The molecule has 58 valence electrons. The molecule has 1 rings (SSSR count). The predicted molar refractivity (Wildman–Crippen MR) is 43.6 cm³/mol. The van der Waals surface area contributed by atoms with Crippen molar-refractivity contribution in [3.05, 3.63) is 35.5 Å². The van der Waals surface area contributed by atoms with E-state index >= 15 is 0 Å². The Morgan fingerprint density at radius 2 is 2.27 bits per heavy atom. The lowest BCUT2D eigenvalue weighted by atomic mass is 10.3. The summed E-state index contributed by atoms with van der Waals surface area (Å²) in [4.78, 5) is 3.81. The van der Waals surface area contributed by atoms with Gasteiger partial charge in [-0.2, -0.15) is 0 Å². The summed E-state index contributed by atoms with van der Waals surface area (Å²) in [7, 11) is -2.43. The van der Waals surface area contributed by atoms with Gasteiger partial charge in [-0.3, -0.25) is 4.98 Å². The minimum Gasteiger partial charge on any atom is -0.264 e. The third-order valence-electron chi connectivity index (χ3n) is 1.07. The van der Waals surface area contributed by atoms with Crippen molar-refractivity contribution in [3.8, 4) is 0 Å². The van der Waals surface area contributed by atoms with Crippen LogP contribution in [0.1, 0.15) is 5.56 Å². The quantitative estimate of drug-likeness (QED) is 0.662. The zero-order valence-corrected chi connectivity index (χ0v) is 6.57. The second-order valence-electron chi connectivity index (χ2n) is 1.89. The van der Waals surface area contributed by atoms with Crippen molar-refractivity contribution < 1.29 is 8.42 Å². The fourth-order valence-electron chi connectivity index (χ4n) is 0.621. The highest BCUT2D eigenvalue weighted by Crippen LogP contribution is 1.97. The van der Waals surface area contributed by atoms with Crippen molar-refractivity contribution in [2.75, 3.05) is 0 Å². The van der Waals surface area contributed by atoms with Gasteiger partial charge in [0, 0.05) is 17.8 Å². The van der Waals surface area contributed by atoms with Crippen molar-refractivity contribution in [3.63, 3.8) is 0 Å². The number of hydrogen-bond acceptors (Lipinski definition) is 3. The molecule has 0 fully saturated rings. The van der Waals surface area contributed by atoms with Gasteiger partial charge in [-0.15, -0.1) is 0 Å². The summed E-state index contributed by atoms with van der Waals surface area (Å²) in [5, 5.41) is 1.12. The monoisotopic (exact) mass is 169 g/mol. The summed E-state index contributed by atoms with van der Waals surface area (Å²) in [5.74, 6) is 0. The van der Waals surface area contributed by atoms with Gasteiger partial charge in [0.15, 0.2) is 10.7 Å². The van der Waals surface area contributed by atoms with E-state index in [9.17, 15) is 8.42 Å². The average Bonchev–Trinajstić information content (AvgIpc) is 2.03. The molecule has 11 heavy (non-hydrogen) atoms. The van der Waals surface area contributed by atoms with Crippen molar-refractivity contribution in [1.29, 1.82) is 0 Å². The second-order valence-corrected chi connectivity index (χ2v) is 2.76. The normalized spacial score (nSPS) is 11.0. The Bertz CT molecular complexity index is 308. The first-order valence-electron chi connectivity index (χ1n) is 3.01. The highest BCUT2D eigenvalue weighted by atomic mass is 32.2. The summed E-state index contributed by atoms with van der Waals surface area (Å²) >= 11 is 0. The molecule has 0 aliphatic rings. The van der Waals surface area contributed by atoms with Crippen LogP contribution in [0.4, 0.5) is 0 Å². The molecule has 0 spiro atoms. The zero-order chi connectivity index (χ0) is 8.10. The van der Waals surface area contributed by atoms with E-state index in [1.54, 1.807) is 24.5 Å². The smallest absolute Gasteiger partial charge is 0.161 e. The summed E-state index contributed by atoms with van der Waals surface area (Å²) in [6.07, 6.45) is 4.72. The van der Waals surface area contributed by atoms with Gasteiger partial charge in [0.1, 0.15) is 0 Å². The van der Waals surface area contributed by atoms with Crippen LogP contribution in [0.15, 0.2) is 29.9 Å². The first-order chi connectivity index (χ1) is 5.29. The van der Waals surface area contributed by atoms with Crippen LogP contribution in [0.2, 0.25) is 0 Å². The van der Waals surface area contributed by atoms with E-state index in [-0.39, 0.29) is 0 Å². The first kappa shape index (κ1) is 7.94. The lowest BCUT2D eigenvalue weighted by Gasteiger charge is -1.86. The molecule has 0 amide bonds. The Hall–Kier alpha value is -1.16. The summed E-state index contributed by atoms with van der Waals surface area (Å²) in [6, 6.07) is 3.53. The van der Waals surface area contributed by atoms with Crippen LogP contribution in [0.3, 0.4) is 0 Å². The van der Waals surface area contributed by atoms with E-state index in [1.165, 1.54) is 6.08 Å². The molecule has 0 aliphatic carbocycles. The number of hydrogen-bond donors (Lipinski definition) is 1. The van der Waals surface area contributed by atoms with Crippen LogP contribution in [0.25, 0.3) is 6.08 Å². The Balaban J connectivity index is 2.80. The molecule has 0 aliphatic heterocycles. The maximum atomic E-state index is 10.1. The summed E-state index contributed by atoms with van der Waals surface area (Å²) < 4.78 is 20.2. The predicted octanol–water partition coefficient (Wildman–Crippen LogP) is 0.664. The highest BCUT2D eigenvalue weighted by molar-refractivity contribution is 7.75. The van der Waals surface area contributed by atoms with Gasteiger partial charge in [-0.1, -0.05) is 6.07 Å². The molecule has 0 saturated heterocycles. The van der Waals surface area contributed by atoms with Crippen molar-refractivity contribution in [2.24, 2.45) is 0 Å². The molecular formula is C7H7NO2S. The lowest BCUT2D eigenvalue weighted by molar-refractivity contribution is 0.622. The standard InChI is InChI=1S/C7H7NO2S/c9-11(10)5-3-7-2-1-4-8-6-7/h1-6,11H/b5-3+. The average molecular weight is 169 g/mol. The van der Waals surface area contributed by atoms with E-state index in [0.717, 1.165) is 11.0 Å². The Kier molecular flexibility index (Phi) is 2.80.